The minimum atomic E-state index is -1.31. The zero-order valence-electron chi connectivity index (χ0n) is 13.4. The molecule has 2 atom stereocenters. The fourth-order valence-corrected chi connectivity index (χ4v) is 2.13. The van der Waals surface area contributed by atoms with Crippen LogP contribution in [-0.4, -0.2) is 17.7 Å². The van der Waals surface area contributed by atoms with Crippen molar-refractivity contribution in [2.45, 2.75) is 32.4 Å². The molecule has 3 N–H and O–H groups in total. The normalized spacial score (nSPS) is 14.8. The number of aliphatic hydroxyl groups is 1. The Bertz CT molecular complexity index is 668. The first-order valence-electron chi connectivity index (χ1n) is 7.36. The van der Waals surface area contributed by atoms with Crippen LogP contribution in [0.1, 0.15) is 36.8 Å². The molecule has 0 saturated carbocycles. The molecule has 0 bridgehead atoms. The molecule has 0 radical (unpaired) electrons. The van der Waals surface area contributed by atoms with Crippen molar-refractivity contribution in [1.29, 1.82) is 0 Å². The zero-order valence-corrected chi connectivity index (χ0v) is 13.4. The number of aryl methyl sites for hydroxylation is 1. The molecule has 0 fully saturated rings. The van der Waals surface area contributed by atoms with E-state index < -0.39 is 11.6 Å². The van der Waals surface area contributed by atoms with Gasteiger partial charge in [0, 0.05) is 0 Å². The van der Waals surface area contributed by atoms with E-state index in [0.717, 1.165) is 0 Å². The molecule has 23 heavy (non-hydrogen) atoms. The molecule has 6 heteroatoms. The van der Waals surface area contributed by atoms with E-state index in [1.54, 1.807) is 45.0 Å². The van der Waals surface area contributed by atoms with Crippen LogP contribution in [0.3, 0.4) is 0 Å². The van der Waals surface area contributed by atoms with Gasteiger partial charge in [-0.05, 0) is 50.1 Å². The van der Waals surface area contributed by atoms with E-state index in [2.05, 4.69) is 10.6 Å². The van der Waals surface area contributed by atoms with Gasteiger partial charge in [-0.1, -0.05) is 12.1 Å². The third-order valence-electron chi connectivity index (χ3n) is 3.69. The Morgan fingerprint density at radius 2 is 2.17 bits per heavy atom. The van der Waals surface area contributed by atoms with Gasteiger partial charge in [-0.15, -0.1) is 0 Å². The summed E-state index contributed by atoms with van der Waals surface area (Å²) in [7, 11) is 0. The monoisotopic (exact) mass is 320 g/mol. The van der Waals surface area contributed by atoms with Gasteiger partial charge in [-0.25, -0.2) is 9.18 Å². The van der Waals surface area contributed by atoms with Crippen molar-refractivity contribution in [3.63, 3.8) is 0 Å². The van der Waals surface area contributed by atoms with E-state index in [-0.39, 0.29) is 18.4 Å². The van der Waals surface area contributed by atoms with Crippen LogP contribution in [0.5, 0.6) is 0 Å². The van der Waals surface area contributed by atoms with Crippen molar-refractivity contribution in [2.75, 3.05) is 6.54 Å². The van der Waals surface area contributed by atoms with Gasteiger partial charge in [0.2, 0.25) is 0 Å². The van der Waals surface area contributed by atoms with Crippen LogP contribution in [0.2, 0.25) is 0 Å². The average molecular weight is 320 g/mol. The Hall–Kier alpha value is -2.34. The fraction of sp³-hybridized carbons (Fsp3) is 0.353. The maximum absolute atomic E-state index is 13.6. The first-order chi connectivity index (χ1) is 10.8. The van der Waals surface area contributed by atoms with Gasteiger partial charge in [-0.2, -0.15) is 0 Å². The van der Waals surface area contributed by atoms with Gasteiger partial charge in [0.15, 0.2) is 0 Å². The van der Waals surface area contributed by atoms with Crippen molar-refractivity contribution >= 4 is 6.03 Å². The van der Waals surface area contributed by atoms with Crippen LogP contribution in [-0.2, 0) is 5.60 Å². The molecule has 0 aliphatic rings. The number of carbonyl (C=O) groups is 1. The minimum Gasteiger partial charge on any atom is -0.466 e. The molecule has 0 aliphatic heterocycles. The summed E-state index contributed by atoms with van der Waals surface area (Å²) in [5.74, 6) is 0.0590. The van der Waals surface area contributed by atoms with E-state index in [4.69, 9.17) is 4.42 Å². The van der Waals surface area contributed by atoms with Crippen molar-refractivity contribution in [2.24, 2.45) is 0 Å². The van der Waals surface area contributed by atoms with E-state index in [1.165, 1.54) is 12.3 Å². The molecule has 124 valence electrons. The highest BCUT2D eigenvalue weighted by atomic mass is 19.1. The van der Waals surface area contributed by atoms with Crippen molar-refractivity contribution < 1.29 is 18.7 Å². The first-order valence-corrected chi connectivity index (χ1v) is 7.36. The number of hydrogen-bond donors (Lipinski definition) is 3. The van der Waals surface area contributed by atoms with Crippen LogP contribution < -0.4 is 10.6 Å². The highest BCUT2D eigenvalue weighted by Crippen LogP contribution is 2.20. The maximum atomic E-state index is 13.6. The Labute approximate surface area is 134 Å². The van der Waals surface area contributed by atoms with Crippen LogP contribution in [0.15, 0.2) is 41.0 Å². The topological polar surface area (TPSA) is 74.5 Å². The van der Waals surface area contributed by atoms with Crippen molar-refractivity contribution in [3.8, 4) is 0 Å². The summed E-state index contributed by atoms with van der Waals surface area (Å²) in [6, 6.07) is 7.32. The van der Waals surface area contributed by atoms with Crippen LogP contribution in [0, 0.1) is 12.7 Å². The van der Waals surface area contributed by atoms with Gasteiger partial charge in [0.05, 0.1) is 18.8 Å². The first kappa shape index (κ1) is 17.0. The molecule has 1 heterocycles. The van der Waals surface area contributed by atoms with E-state index >= 15 is 0 Å². The lowest BCUT2D eigenvalue weighted by atomic mass is 10.0. The SMILES string of the molecule is Cc1ccc(C(C)NC(=O)NCC(C)(O)c2ccco2)cc1F. The molecule has 1 aromatic heterocycles. The largest absolute Gasteiger partial charge is 0.466 e. The van der Waals surface area contributed by atoms with Crippen LogP contribution in [0.25, 0.3) is 0 Å². The zero-order chi connectivity index (χ0) is 17.0. The molecular formula is C17H21FN2O3. The van der Waals surface area contributed by atoms with Crippen molar-refractivity contribution in [3.05, 3.63) is 59.3 Å². The van der Waals surface area contributed by atoms with Gasteiger partial charge in [-0.3, -0.25) is 0 Å². The summed E-state index contributed by atoms with van der Waals surface area (Å²) < 4.78 is 18.7. The number of nitrogens with one attached hydrogen (secondary N) is 2. The van der Waals surface area contributed by atoms with E-state index in [9.17, 15) is 14.3 Å². The quantitative estimate of drug-likeness (QED) is 0.793. The second kappa shape index (κ2) is 6.83. The van der Waals surface area contributed by atoms with Gasteiger partial charge in [0.1, 0.15) is 17.2 Å². The number of furan rings is 1. The average Bonchev–Trinajstić information content (AvgIpc) is 3.03. The number of rotatable bonds is 5. The Morgan fingerprint density at radius 1 is 1.43 bits per heavy atom. The number of urea groups is 1. The molecule has 2 aromatic rings. The number of halogens is 1. The number of amides is 2. The standard InChI is InChI=1S/C17H21FN2O3/c1-11-6-7-13(9-14(11)18)12(2)20-16(21)19-10-17(3,22)15-5-4-8-23-15/h4-9,12,22H,10H2,1-3H3,(H2,19,20,21). The summed E-state index contributed by atoms with van der Waals surface area (Å²) in [5.41, 5.74) is -0.0824. The lowest BCUT2D eigenvalue weighted by Crippen LogP contribution is -2.44. The molecular weight excluding hydrogens is 299 g/mol. The number of benzene rings is 1. The smallest absolute Gasteiger partial charge is 0.315 e. The maximum Gasteiger partial charge on any atom is 0.315 e. The molecule has 1 aromatic carbocycles. The van der Waals surface area contributed by atoms with Gasteiger partial charge >= 0.3 is 6.03 Å². The third kappa shape index (κ3) is 4.32. The predicted octanol–water partition coefficient (Wildman–Crippen LogP) is 3.00. The predicted molar refractivity (Wildman–Crippen MR) is 84.4 cm³/mol. The summed E-state index contributed by atoms with van der Waals surface area (Å²) in [6.45, 7) is 4.97. The van der Waals surface area contributed by atoms with Crippen LogP contribution >= 0.6 is 0 Å². The molecule has 0 saturated heterocycles. The summed E-state index contributed by atoms with van der Waals surface area (Å²) in [4.78, 5) is 11.9. The van der Waals surface area contributed by atoms with Crippen molar-refractivity contribution in [1.82, 2.24) is 10.6 Å². The Balaban J connectivity index is 1.90. The third-order valence-corrected chi connectivity index (χ3v) is 3.69. The lowest BCUT2D eigenvalue weighted by Gasteiger charge is -2.22. The second-order valence-corrected chi connectivity index (χ2v) is 5.81. The van der Waals surface area contributed by atoms with E-state index in [0.29, 0.717) is 16.9 Å². The van der Waals surface area contributed by atoms with Gasteiger partial charge in [0.25, 0.3) is 0 Å². The highest BCUT2D eigenvalue weighted by molar-refractivity contribution is 5.74. The molecule has 0 spiro atoms. The molecule has 2 unspecified atom stereocenters. The number of hydrogen-bond acceptors (Lipinski definition) is 3. The number of carbonyl (C=O) groups excluding carboxylic acids is 1. The minimum absolute atomic E-state index is 0.0126. The summed E-state index contributed by atoms with van der Waals surface area (Å²) in [6.07, 6.45) is 1.46. The lowest BCUT2D eigenvalue weighted by molar-refractivity contribution is 0.0366. The highest BCUT2D eigenvalue weighted by Gasteiger charge is 2.27. The second-order valence-electron chi connectivity index (χ2n) is 5.81. The van der Waals surface area contributed by atoms with E-state index in [1.807, 2.05) is 0 Å². The summed E-state index contributed by atoms with van der Waals surface area (Å²) in [5, 5.41) is 15.5. The summed E-state index contributed by atoms with van der Waals surface area (Å²) >= 11 is 0. The van der Waals surface area contributed by atoms with Gasteiger partial charge < -0.3 is 20.2 Å². The molecule has 2 amide bonds. The Morgan fingerprint density at radius 3 is 2.78 bits per heavy atom. The Kier molecular flexibility index (Phi) is 5.05. The van der Waals surface area contributed by atoms with Crippen LogP contribution in [0.4, 0.5) is 9.18 Å². The molecule has 5 nitrogen and oxygen atoms in total. The molecule has 2 rings (SSSR count). The fourth-order valence-electron chi connectivity index (χ4n) is 2.13. The molecule has 0 aliphatic carbocycles.